The molecule has 78 valence electrons. The molecule has 0 aromatic carbocycles. The molecule has 3 rings (SSSR count). The smallest absolute Gasteiger partial charge is 0.153 e. The van der Waals surface area contributed by atoms with Gasteiger partial charge < -0.3 is 11.1 Å². The Labute approximate surface area is 87.3 Å². The first-order chi connectivity index (χ1) is 7.35. The highest BCUT2D eigenvalue weighted by molar-refractivity contribution is 5.46. The van der Waals surface area contributed by atoms with Gasteiger partial charge in [-0.25, -0.2) is 9.50 Å². The zero-order chi connectivity index (χ0) is 10.3. The Bertz CT molecular complexity index is 486. The molecule has 0 amide bonds. The molecule has 1 fully saturated rings. The summed E-state index contributed by atoms with van der Waals surface area (Å²) in [6.45, 7) is 0.453. The lowest BCUT2D eigenvalue weighted by Crippen LogP contribution is -2.04. The van der Waals surface area contributed by atoms with E-state index in [0.29, 0.717) is 12.6 Å². The van der Waals surface area contributed by atoms with Crippen LogP contribution in [-0.2, 0) is 6.54 Å². The van der Waals surface area contributed by atoms with Crippen molar-refractivity contribution in [1.82, 2.24) is 14.6 Å². The Morgan fingerprint density at radius 3 is 3.07 bits per heavy atom. The van der Waals surface area contributed by atoms with Gasteiger partial charge >= 0.3 is 0 Å². The number of nitrogens with zero attached hydrogens (tertiary/aromatic N) is 3. The van der Waals surface area contributed by atoms with Crippen molar-refractivity contribution >= 4 is 11.5 Å². The van der Waals surface area contributed by atoms with Gasteiger partial charge in [0.05, 0.1) is 11.9 Å². The van der Waals surface area contributed by atoms with E-state index in [0.717, 1.165) is 17.2 Å². The van der Waals surface area contributed by atoms with Crippen molar-refractivity contribution in [3.63, 3.8) is 0 Å². The van der Waals surface area contributed by atoms with E-state index >= 15 is 0 Å². The Kier molecular flexibility index (Phi) is 1.85. The minimum atomic E-state index is 0.453. The number of hydrogen-bond acceptors (Lipinski definition) is 4. The largest absolute Gasteiger partial charge is 0.366 e. The molecule has 2 aromatic rings. The number of fused-ring (bicyclic) bond motifs is 1. The first-order valence-electron chi connectivity index (χ1n) is 5.17. The number of nitrogens with one attached hydrogen (secondary N) is 1. The van der Waals surface area contributed by atoms with Gasteiger partial charge in [0.1, 0.15) is 5.82 Å². The highest BCUT2D eigenvalue weighted by atomic mass is 15.3. The Balaban J connectivity index is 1.96. The Morgan fingerprint density at radius 1 is 1.47 bits per heavy atom. The van der Waals surface area contributed by atoms with E-state index in [-0.39, 0.29) is 0 Å². The second kappa shape index (κ2) is 3.20. The molecule has 0 radical (unpaired) electrons. The topological polar surface area (TPSA) is 68.2 Å². The summed E-state index contributed by atoms with van der Waals surface area (Å²) in [5.74, 6) is 0.908. The molecule has 2 heterocycles. The van der Waals surface area contributed by atoms with E-state index < -0.39 is 0 Å². The van der Waals surface area contributed by atoms with Crippen LogP contribution in [0, 0.1) is 0 Å². The summed E-state index contributed by atoms with van der Waals surface area (Å²) in [5.41, 5.74) is 7.23. The van der Waals surface area contributed by atoms with Gasteiger partial charge in [0, 0.05) is 12.6 Å². The summed E-state index contributed by atoms with van der Waals surface area (Å²) in [5, 5.41) is 7.76. The fourth-order valence-corrected chi connectivity index (χ4v) is 1.54. The van der Waals surface area contributed by atoms with Crippen molar-refractivity contribution in [3.05, 3.63) is 24.0 Å². The van der Waals surface area contributed by atoms with Crippen molar-refractivity contribution in [2.75, 3.05) is 5.32 Å². The summed E-state index contributed by atoms with van der Waals surface area (Å²) in [7, 11) is 0. The highest BCUT2D eigenvalue weighted by Crippen LogP contribution is 2.23. The fraction of sp³-hybridized carbons (Fsp3) is 0.400. The average molecular weight is 203 g/mol. The number of anilines is 1. The molecule has 1 aliphatic rings. The van der Waals surface area contributed by atoms with Crippen LogP contribution in [0.4, 0.5) is 5.82 Å². The third-order valence-corrected chi connectivity index (χ3v) is 2.51. The summed E-state index contributed by atoms with van der Waals surface area (Å²) >= 11 is 0. The van der Waals surface area contributed by atoms with E-state index in [1.807, 2.05) is 18.3 Å². The normalized spacial score (nSPS) is 15.8. The van der Waals surface area contributed by atoms with Gasteiger partial charge in [-0.3, -0.25) is 0 Å². The molecule has 0 spiro atoms. The lowest BCUT2D eigenvalue weighted by molar-refractivity contribution is 0.918. The summed E-state index contributed by atoms with van der Waals surface area (Å²) < 4.78 is 1.77. The Morgan fingerprint density at radius 2 is 2.33 bits per heavy atom. The van der Waals surface area contributed by atoms with Gasteiger partial charge in [-0.05, 0) is 25.0 Å². The number of rotatable bonds is 3. The molecule has 5 nitrogen and oxygen atoms in total. The van der Waals surface area contributed by atoms with Crippen molar-refractivity contribution in [2.45, 2.75) is 25.4 Å². The van der Waals surface area contributed by atoms with Crippen LogP contribution in [0.1, 0.15) is 18.5 Å². The molecule has 0 unspecified atom stereocenters. The molecular formula is C10H13N5. The van der Waals surface area contributed by atoms with Crippen LogP contribution in [0.15, 0.2) is 18.3 Å². The number of hydrogen-bond donors (Lipinski definition) is 2. The first kappa shape index (κ1) is 8.67. The molecule has 0 aliphatic heterocycles. The van der Waals surface area contributed by atoms with Gasteiger partial charge in [-0.2, -0.15) is 0 Å². The minimum absolute atomic E-state index is 0.453. The predicted molar refractivity (Wildman–Crippen MR) is 57.5 cm³/mol. The van der Waals surface area contributed by atoms with Crippen molar-refractivity contribution in [2.24, 2.45) is 5.73 Å². The molecule has 5 heteroatoms. The van der Waals surface area contributed by atoms with E-state index in [2.05, 4.69) is 15.4 Å². The molecule has 0 saturated heterocycles. The molecular weight excluding hydrogens is 190 g/mol. The first-order valence-corrected chi connectivity index (χ1v) is 5.17. The van der Waals surface area contributed by atoms with Gasteiger partial charge in [0.2, 0.25) is 0 Å². The van der Waals surface area contributed by atoms with Gasteiger partial charge in [0.15, 0.2) is 5.65 Å². The third kappa shape index (κ3) is 1.66. The quantitative estimate of drug-likeness (QED) is 0.772. The highest BCUT2D eigenvalue weighted by Gasteiger charge is 2.21. The van der Waals surface area contributed by atoms with Gasteiger partial charge in [0.25, 0.3) is 0 Å². The lowest BCUT2D eigenvalue weighted by atomic mass is 10.5. The second-order valence-corrected chi connectivity index (χ2v) is 3.88. The summed E-state index contributed by atoms with van der Waals surface area (Å²) in [6, 6.07) is 4.53. The molecule has 2 aromatic heterocycles. The Hall–Kier alpha value is -1.62. The predicted octanol–water partition coefficient (Wildman–Crippen LogP) is 0.762. The summed E-state index contributed by atoms with van der Waals surface area (Å²) in [6.07, 6.45) is 4.36. The van der Waals surface area contributed by atoms with Crippen LogP contribution in [-0.4, -0.2) is 20.6 Å². The maximum absolute atomic E-state index is 5.52. The second-order valence-electron chi connectivity index (χ2n) is 3.88. The van der Waals surface area contributed by atoms with Crippen LogP contribution in [0.3, 0.4) is 0 Å². The number of aromatic nitrogens is 3. The lowest BCUT2D eigenvalue weighted by Gasteiger charge is -2.02. The van der Waals surface area contributed by atoms with Crippen molar-refractivity contribution in [3.8, 4) is 0 Å². The molecule has 15 heavy (non-hydrogen) atoms. The fourth-order valence-electron chi connectivity index (χ4n) is 1.54. The molecule has 1 saturated carbocycles. The number of imidazole rings is 1. The van der Waals surface area contributed by atoms with E-state index in [4.69, 9.17) is 5.73 Å². The van der Waals surface area contributed by atoms with E-state index in [1.165, 1.54) is 12.8 Å². The molecule has 0 bridgehead atoms. The SMILES string of the molecule is NCc1cn2nc(NC3CC3)ccc2n1. The number of nitrogens with two attached hydrogens (primary N) is 1. The monoisotopic (exact) mass is 203 g/mol. The van der Waals surface area contributed by atoms with Crippen molar-refractivity contribution < 1.29 is 0 Å². The minimum Gasteiger partial charge on any atom is -0.366 e. The van der Waals surface area contributed by atoms with Crippen LogP contribution in [0.5, 0.6) is 0 Å². The zero-order valence-electron chi connectivity index (χ0n) is 8.35. The van der Waals surface area contributed by atoms with Crippen LogP contribution >= 0.6 is 0 Å². The van der Waals surface area contributed by atoms with E-state index in [9.17, 15) is 0 Å². The van der Waals surface area contributed by atoms with Crippen LogP contribution in [0.2, 0.25) is 0 Å². The molecule has 3 N–H and O–H groups in total. The van der Waals surface area contributed by atoms with Crippen LogP contribution in [0.25, 0.3) is 5.65 Å². The standard InChI is InChI=1S/C10H13N5/c11-5-8-6-15-10(13-8)4-3-9(14-15)12-7-1-2-7/h3-4,6-7H,1-2,5,11H2,(H,12,14). The van der Waals surface area contributed by atoms with E-state index in [1.54, 1.807) is 4.52 Å². The molecule has 1 aliphatic carbocycles. The van der Waals surface area contributed by atoms with Gasteiger partial charge in [-0.1, -0.05) is 0 Å². The van der Waals surface area contributed by atoms with Crippen molar-refractivity contribution in [1.29, 1.82) is 0 Å². The maximum Gasteiger partial charge on any atom is 0.153 e. The maximum atomic E-state index is 5.52. The zero-order valence-corrected chi connectivity index (χ0v) is 8.35. The molecule has 0 atom stereocenters. The third-order valence-electron chi connectivity index (χ3n) is 2.51. The average Bonchev–Trinajstić information content (AvgIpc) is 2.96. The summed E-state index contributed by atoms with van der Waals surface area (Å²) in [4.78, 5) is 4.31. The van der Waals surface area contributed by atoms with Gasteiger partial charge in [-0.15, -0.1) is 5.10 Å². The van der Waals surface area contributed by atoms with Crippen LogP contribution < -0.4 is 11.1 Å².